The highest BCUT2D eigenvalue weighted by Gasteiger charge is 2.17. The summed E-state index contributed by atoms with van der Waals surface area (Å²) in [5.41, 5.74) is 5.69. The van der Waals surface area contributed by atoms with Gasteiger partial charge >= 0.3 is 0 Å². The van der Waals surface area contributed by atoms with Crippen LogP contribution in [0.3, 0.4) is 0 Å². The molecule has 0 saturated heterocycles. The zero-order valence-corrected chi connectivity index (χ0v) is 10.5. The van der Waals surface area contributed by atoms with E-state index in [-0.39, 0.29) is 0 Å². The van der Waals surface area contributed by atoms with Crippen molar-refractivity contribution >= 4 is 5.91 Å². The van der Waals surface area contributed by atoms with Gasteiger partial charge in [-0.2, -0.15) is 5.26 Å². The molecule has 1 aromatic carbocycles. The van der Waals surface area contributed by atoms with Crippen molar-refractivity contribution in [3.8, 4) is 17.6 Å². The quantitative estimate of drug-likeness (QED) is 0.828. The number of ether oxygens (including phenoxy) is 2. The molecule has 2 N–H and O–H groups in total. The molecule has 0 aliphatic rings. The molecule has 0 spiro atoms. The van der Waals surface area contributed by atoms with E-state index < -0.39 is 12.0 Å². The van der Waals surface area contributed by atoms with E-state index in [1.54, 1.807) is 25.1 Å². The standard InChI is InChI=1S/C13H16N2O3/c1-3-10(13(15)16)18-11-6-5-9(8-14)7-12(11)17-4-2/h5-7,10H,3-4H2,1-2H3,(H2,15,16). The third kappa shape index (κ3) is 3.39. The number of hydrogen-bond acceptors (Lipinski definition) is 4. The number of carbonyl (C=O) groups excluding carboxylic acids is 1. The number of nitriles is 1. The second-order valence-corrected chi connectivity index (χ2v) is 3.62. The summed E-state index contributed by atoms with van der Waals surface area (Å²) in [4.78, 5) is 11.1. The molecule has 5 nitrogen and oxygen atoms in total. The van der Waals surface area contributed by atoms with Crippen LogP contribution in [0.1, 0.15) is 25.8 Å². The fourth-order valence-corrected chi connectivity index (χ4v) is 1.44. The summed E-state index contributed by atoms with van der Waals surface area (Å²) in [6.07, 6.45) is -0.224. The van der Waals surface area contributed by atoms with Gasteiger partial charge in [-0.15, -0.1) is 0 Å². The van der Waals surface area contributed by atoms with Crippen LogP contribution in [0.5, 0.6) is 11.5 Å². The van der Waals surface area contributed by atoms with Gasteiger partial charge in [-0.1, -0.05) is 6.92 Å². The highest BCUT2D eigenvalue weighted by atomic mass is 16.5. The van der Waals surface area contributed by atoms with E-state index in [9.17, 15) is 4.79 Å². The van der Waals surface area contributed by atoms with E-state index in [1.165, 1.54) is 0 Å². The van der Waals surface area contributed by atoms with E-state index >= 15 is 0 Å². The third-order valence-electron chi connectivity index (χ3n) is 2.33. The van der Waals surface area contributed by atoms with Gasteiger partial charge in [0.2, 0.25) is 0 Å². The lowest BCUT2D eigenvalue weighted by atomic mass is 10.2. The molecule has 96 valence electrons. The number of benzene rings is 1. The fraction of sp³-hybridized carbons (Fsp3) is 0.385. The molecule has 1 unspecified atom stereocenters. The maximum atomic E-state index is 11.1. The lowest BCUT2D eigenvalue weighted by Crippen LogP contribution is -2.33. The van der Waals surface area contributed by atoms with Crippen LogP contribution in [-0.2, 0) is 4.79 Å². The molecule has 18 heavy (non-hydrogen) atoms. The second-order valence-electron chi connectivity index (χ2n) is 3.62. The van der Waals surface area contributed by atoms with Crippen molar-refractivity contribution in [2.45, 2.75) is 26.4 Å². The van der Waals surface area contributed by atoms with Crippen LogP contribution in [0.2, 0.25) is 0 Å². The van der Waals surface area contributed by atoms with Gasteiger partial charge in [0.1, 0.15) is 0 Å². The number of hydrogen-bond donors (Lipinski definition) is 1. The molecule has 0 radical (unpaired) electrons. The van der Waals surface area contributed by atoms with Crippen LogP contribution < -0.4 is 15.2 Å². The smallest absolute Gasteiger partial charge is 0.258 e. The SMILES string of the molecule is CCOc1cc(C#N)ccc1OC(CC)C(N)=O. The number of primary amides is 1. The first kappa shape index (κ1) is 13.8. The molecule has 1 amide bonds. The van der Waals surface area contributed by atoms with E-state index in [2.05, 4.69) is 0 Å². The average molecular weight is 248 g/mol. The summed E-state index contributed by atoms with van der Waals surface area (Å²) in [7, 11) is 0. The Labute approximate surface area is 106 Å². The van der Waals surface area contributed by atoms with Gasteiger partial charge in [-0.05, 0) is 25.5 Å². The van der Waals surface area contributed by atoms with Crippen LogP contribution in [-0.4, -0.2) is 18.6 Å². The molecule has 5 heteroatoms. The molecule has 0 aliphatic heterocycles. The van der Waals surface area contributed by atoms with Gasteiger partial charge in [-0.25, -0.2) is 0 Å². The first-order chi connectivity index (χ1) is 8.62. The van der Waals surface area contributed by atoms with Crippen LogP contribution in [0.15, 0.2) is 18.2 Å². The van der Waals surface area contributed by atoms with E-state index in [4.69, 9.17) is 20.5 Å². The molecule has 0 aliphatic carbocycles. The Bertz CT molecular complexity index is 466. The summed E-state index contributed by atoms with van der Waals surface area (Å²) < 4.78 is 10.9. The number of carbonyl (C=O) groups is 1. The van der Waals surface area contributed by atoms with Crippen LogP contribution >= 0.6 is 0 Å². The van der Waals surface area contributed by atoms with Gasteiger partial charge in [-0.3, -0.25) is 4.79 Å². The monoisotopic (exact) mass is 248 g/mol. The maximum Gasteiger partial charge on any atom is 0.258 e. The van der Waals surface area contributed by atoms with Crippen molar-refractivity contribution in [1.29, 1.82) is 5.26 Å². The number of rotatable bonds is 6. The molecular weight excluding hydrogens is 232 g/mol. The van der Waals surface area contributed by atoms with E-state index in [0.29, 0.717) is 30.1 Å². The van der Waals surface area contributed by atoms with Gasteiger partial charge in [0.25, 0.3) is 5.91 Å². The largest absolute Gasteiger partial charge is 0.490 e. The Kier molecular flexibility index (Phi) is 5.00. The topological polar surface area (TPSA) is 85.3 Å². The minimum Gasteiger partial charge on any atom is -0.490 e. The van der Waals surface area contributed by atoms with Gasteiger partial charge in [0, 0.05) is 6.07 Å². The van der Waals surface area contributed by atoms with Crippen molar-refractivity contribution in [3.05, 3.63) is 23.8 Å². The lowest BCUT2D eigenvalue weighted by Gasteiger charge is -2.17. The summed E-state index contributed by atoms with van der Waals surface area (Å²) in [5.74, 6) is 0.335. The van der Waals surface area contributed by atoms with Crippen molar-refractivity contribution in [2.75, 3.05) is 6.61 Å². The fourth-order valence-electron chi connectivity index (χ4n) is 1.44. The Morgan fingerprint density at radius 1 is 1.44 bits per heavy atom. The molecule has 1 atom stereocenters. The summed E-state index contributed by atoms with van der Waals surface area (Å²) in [6.45, 7) is 4.08. The van der Waals surface area contributed by atoms with Crippen molar-refractivity contribution < 1.29 is 14.3 Å². The summed E-state index contributed by atoms with van der Waals surface area (Å²) in [6, 6.07) is 6.80. The normalized spacial score (nSPS) is 11.4. The minimum atomic E-state index is -0.697. The number of nitrogens with zero attached hydrogens (tertiary/aromatic N) is 1. The Morgan fingerprint density at radius 3 is 2.67 bits per heavy atom. The van der Waals surface area contributed by atoms with E-state index in [1.807, 2.05) is 13.0 Å². The predicted molar refractivity (Wildman–Crippen MR) is 66.2 cm³/mol. The molecule has 1 aromatic rings. The van der Waals surface area contributed by atoms with Gasteiger partial charge in [0.05, 0.1) is 18.2 Å². The first-order valence-corrected chi connectivity index (χ1v) is 5.75. The summed E-state index contributed by atoms with van der Waals surface area (Å²) in [5, 5.41) is 8.82. The zero-order chi connectivity index (χ0) is 13.5. The van der Waals surface area contributed by atoms with Crippen molar-refractivity contribution in [3.63, 3.8) is 0 Å². The summed E-state index contributed by atoms with van der Waals surface area (Å²) >= 11 is 0. The zero-order valence-electron chi connectivity index (χ0n) is 10.5. The van der Waals surface area contributed by atoms with Crippen LogP contribution in [0.25, 0.3) is 0 Å². The molecule has 0 aromatic heterocycles. The molecule has 1 rings (SSSR count). The van der Waals surface area contributed by atoms with E-state index in [0.717, 1.165) is 0 Å². The molecule has 0 fully saturated rings. The first-order valence-electron chi connectivity index (χ1n) is 5.75. The van der Waals surface area contributed by atoms with Gasteiger partial charge < -0.3 is 15.2 Å². The minimum absolute atomic E-state index is 0.418. The number of amides is 1. The second kappa shape index (κ2) is 6.50. The van der Waals surface area contributed by atoms with Crippen molar-refractivity contribution in [1.82, 2.24) is 0 Å². The predicted octanol–water partition coefficient (Wildman–Crippen LogP) is 1.60. The maximum absolute atomic E-state index is 11.1. The highest BCUT2D eigenvalue weighted by Crippen LogP contribution is 2.29. The molecule has 0 bridgehead atoms. The van der Waals surface area contributed by atoms with Crippen LogP contribution in [0.4, 0.5) is 0 Å². The Morgan fingerprint density at radius 2 is 2.17 bits per heavy atom. The lowest BCUT2D eigenvalue weighted by molar-refractivity contribution is -0.124. The number of nitrogens with two attached hydrogens (primary N) is 1. The molecule has 0 saturated carbocycles. The third-order valence-corrected chi connectivity index (χ3v) is 2.33. The average Bonchev–Trinajstić information content (AvgIpc) is 2.37. The Hall–Kier alpha value is -2.22. The van der Waals surface area contributed by atoms with Gasteiger partial charge in [0.15, 0.2) is 17.6 Å². The molecule has 0 heterocycles. The highest BCUT2D eigenvalue weighted by molar-refractivity contribution is 5.79. The Balaban J connectivity index is 3.00. The molecular formula is C13H16N2O3. The van der Waals surface area contributed by atoms with Crippen molar-refractivity contribution in [2.24, 2.45) is 5.73 Å². The van der Waals surface area contributed by atoms with Crippen LogP contribution in [0, 0.1) is 11.3 Å².